The van der Waals surface area contributed by atoms with Crippen LogP contribution in [0.3, 0.4) is 0 Å². The number of hydrogen-bond acceptors (Lipinski definition) is 4. The zero-order valence-corrected chi connectivity index (χ0v) is 24.1. The molecule has 0 spiro atoms. The second kappa shape index (κ2) is 13.4. The maximum atomic E-state index is 13.5. The number of urea groups is 1. The van der Waals surface area contributed by atoms with Crippen molar-refractivity contribution in [1.82, 2.24) is 14.7 Å². The standard InChI is InChI=1S/C30H31Cl2N5O3/c1-4-5-17-36(30(39)33-22-11-16-25(31)26(32)18-22)19-27(38)34-29-28(21-9-7-6-8-10-21)20(2)35-37(29)23-12-14-24(40-3)15-13-23/h6-16,18H,4-5,17,19H2,1-3H3,(H,33,39)(H,34,38). The van der Waals surface area contributed by atoms with Gasteiger partial charge in [0.15, 0.2) is 0 Å². The van der Waals surface area contributed by atoms with Crippen molar-refractivity contribution in [3.63, 3.8) is 0 Å². The van der Waals surface area contributed by atoms with Crippen molar-refractivity contribution in [3.8, 4) is 22.6 Å². The number of anilines is 2. The summed E-state index contributed by atoms with van der Waals surface area (Å²) in [6, 6.07) is 21.6. The molecule has 0 saturated carbocycles. The number of carbonyl (C=O) groups excluding carboxylic acids is 2. The highest BCUT2D eigenvalue weighted by atomic mass is 35.5. The largest absolute Gasteiger partial charge is 0.497 e. The van der Waals surface area contributed by atoms with Gasteiger partial charge in [-0.05, 0) is 61.4 Å². The quantitative estimate of drug-likeness (QED) is 0.204. The SMILES string of the molecule is CCCCN(CC(=O)Nc1c(-c2ccccc2)c(C)nn1-c1ccc(OC)cc1)C(=O)Nc1ccc(Cl)c(Cl)c1. The van der Waals surface area contributed by atoms with Crippen LogP contribution in [0.25, 0.3) is 16.8 Å². The van der Waals surface area contributed by atoms with E-state index in [1.54, 1.807) is 30.0 Å². The van der Waals surface area contributed by atoms with E-state index in [1.807, 2.05) is 68.4 Å². The summed E-state index contributed by atoms with van der Waals surface area (Å²) in [5, 5.41) is 11.3. The minimum atomic E-state index is -0.412. The zero-order valence-electron chi connectivity index (χ0n) is 22.6. The third-order valence-corrected chi connectivity index (χ3v) is 7.01. The molecule has 4 aromatic rings. The van der Waals surface area contributed by atoms with Crippen LogP contribution in [-0.4, -0.2) is 46.8 Å². The molecule has 8 nitrogen and oxygen atoms in total. The van der Waals surface area contributed by atoms with Gasteiger partial charge in [0.25, 0.3) is 0 Å². The van der Waals surface area contributed by atoms with Crippen molar-refractivity contribution in [2.24, 2.45) is 0 Å². The number of aromatic nitrogens is 2. The first-order valence-corrected chi connectivity index (χ1v) is 13.7. The van der Waals surface area contributed by atoms with Crippen LogP contribution in [0.15, 0.2) is 72.8 Å². The predicted octanol–water partition coefficient (Wildman–Crippen LogP) is 7.44. The number of methoxy groups -OCH3 is 1. The van der Waals surface area contributed by atoms with Crippen LogP contribution in [0.1, 0.15) is 25.5 Å². The molecule has 40 heavy (non-hydrogen) atoms. The summed E-state index contributed by atoms with van der Waals surface area (Å²) < 4.78 is 6.99. The lowest BCUT2D eigenvalue weighted by molar-refractivity contribution is -0.116. The lowest BCUT2D eigenvalue weighted by Gasteiger charge is -2.23. The normalized spacial score (nSPS) is 10.7. The lowest BCUT2D eigenvalue weighted by atomic mass is 10.1. The van der Waals surface area contributed by atoms with E-state index in [0.29, 0.717) is 33.8 Å². The average Bonchev–Trinajstić information content (AvgIpc) is 3.28. The molecule has 3 amide bonds. The van der Waals surface area contributed by atoms with E-state index in [-0.39, 0.29) is 12.5 Å². The number of hydrogen-bond donors (Lipinski definition) is 2. The number of rotatable bonds is 10. The molecule has 0 aliphatic carbocycles. The second-order valence-corrected chi connectivity index (χ2v) is 9.98. The van der Waals surface area contributed by atoms with Gasteiger partial charge in [-0.1, -0.05) is 66.9 Å². The summed E-state index contributed by atoms with van der Waals surface area (Å²) in [5.41, 5.74) is 3.69. The number of benzene rings is 3. The molecule has 0 bridgehead atoms. The summed E-state index contributed by atoms with van der Waals surface area (Å²) in [6.45, 7) is 4.17. The highest BCUT2D eigenvalue weighted by Gasteiger charge is 2.23. The third-order valence-electron chi connectivity index (χ3n) is 6.27. The van der Waals surface area contributed by atoms with Crippen LogP contribution < -0.4 is 15.4 Å². The Morgan fingerprint density at radius 2 is 1.70 bits per heavy atom. The Balaban J connectivity index is 1.62. The average molecular weight is 581 g/mol. The highest BCUT2D eigenvalue weighted by molar-refractivity contribution is 6.42. The second-order valence-electron chi connectivity index (χ2n) is 9.17. The van der Waals surface area contributed by atoms with Crippen LogP contribution in [0, 0.1) is 6.92 Å². The van der Waals surface area contributed by atoms with Gasteiger partial charge in [-0.15, -0.1) is 0 Å². The maximum Gasteiger partial charge on any atom is 0.322 e. The Labute approximate surface area is 243 Å². The van der Waals surface area contributed by atoms with Gasteiger partial charge in [0.2, 0.25) is 5.91 Å². The third kappa shape index (κ3) is 6.94. The summed E-state index contributed by atoms with van der Waals surface area (Å²) in [5.74, 6) is 0.868. The van der Waals surface area contributed by atoms with Gasteiger partial charge in [-0.3, -0.25) is 4.79 Å². The van der Waals surface area contributed by atoms with Crippen LogP contribution in [0.2, 0.25) is 10.0 Å². The molecule has 3 aromatic carbocycles. The van der Waals surface area contributed by atoms with Crippen molar-refractivity contribution < 1.29 is 14.3 Å². The van der Waals surface area contributed by atoms with Gasteiger partial charge in [0, 0.05) is 17.8 Å². The molecule has 0 atom stereocenters. The molecule has 208 valence electrons. The van der Waals surface area contributed by atoms with Gasteiger partial charge in [0.05, 0.1) is 28.5 Å². The van der Waals surface area contributed by atoms with Crippen molar-refractivity contribution in [2.45, 2.75) is 26.7 Å². The fourth-order valence-corrected chi connectivity index (χ4v) is 4.52. The van der Waals surface area contributed by atoms with E-state index in [2.05, 4.69) is 10.6 Å². The molecular formula is C30H31Cl2N5O3. The Morgan fingerprint density at radius 3 is 2.35 bits per heavy atom. The van der Waals surface area contributed by atoms with E-state index in [1.165, 1.54) is 4.90 Å². The van der Waals surface area contributed by atoms with Crippen molar-refractivity contribution in [3.05, 3.63) is 88.5 Å². The molecule has 4 rings (SSSR count). The van der Waals surface area contributed by atoms with E-state index < -0.39 is 6.03 Å². The molecule has 0 radical (unpaired) electrons. The van der Waals surface area contributed by atoms with Gasteiger partial charge in [0.1, 0.15) is 18.1 Å². The summed E-state index contributed by atoms with van der Waals surface area (Å²) in [7, 11) is 1.61. The van der Waals surface area contributed by atoms with Gasteiger partial charge in [-0.2, -0.15) is 5.10 Å². The molecule has 1 heterocycles. The number of nitrogens with one attached hydrogen (secondary N) is 2. The fraction of sp³-hybridized carbons (Fsp3) is 0.233. The fourth-order valence-electron chi connectivity index (χ4n) is 4.23. The molecule has 0 aliphatic heterocycles. The topological polar surface area (TPSA) is 88.5 Å². The van der Waals surface area contributed by atoms with Crippen LogP contribution in [0.5, 0.6) is 5.75 Å². The number of ether oxygens (including phenoxy) is 1. The molecule has 0 aliphatic rings. The van der Waals surface area contributed by atoms with E-state index in [9.17, 15) is 9.59 Å². The monoisotopic (exact) mass is 579 g/mol. The smallest absolute Gasteiger partial charge is 0.322 e. The van der Waals surface area contributed by atoms with Crippen molar-refractivity contribution in [2.75, 3.05) is 30.8 Å². The van der Waals surface area contributed by atoms with Gasteiger partial charge < -0.3 is 20.3 Å². The summed E-state index contributed by atoms with van der Waals surface area (Å²) >= 11 is 12.1. The summed E-state index contributed by atoms with van der Waals surface area (Å²) in [6.07, 6.45) is 1.60. The van der Waals surface area contributed by atoms with Crippen LogP contribution in [-0.2, 0) is 4.79 Å². The molecule has 1 aromatic heterocycles. The first-order chi connectivity index (χ1) is 19.3. The minimum absolute atomic E-state index is 0.159. The number of unbranched alkanes of at least 4 members (excludes halogenated alkanes) is 1. The first kappa shape index (κ1) is 29.0. The minimum Gasteiger partial charge on any atom is -0.497 e. The Bertz CT molecular complexity index is 1470. The molecular weight excluding hydrogens is 549 g/mol. The van der Waals surface area contributed by atoms with Crippen LogP contribution in [0.4, 0.5) is 16.3 Å². The predicted molar refractivity (Wildman–Crippen MR) is 161 cm³/mol. The number of amides is 3. The molecule has 2 N–H and O–H groups in total. The molecule has 0 fully saturated rings. The van der Waals surface area contributed by atoms with E-state index >= 15 is 0 Å². The Hall–Kier alpha value is -4.01. The maximum absolute atomic E-state index is 13.5. The lowest BCUT2D eigenvalue weighted by Crippen LogP contribution is -2.41. The number of nitrogens with zero attached hydrogens (tertiary/aromatic N) is 3. The number of carbonyl (C=O) groups is 2. The number of aryl methyl sites for hydroxylation is 1. The molecule has 0 unspecified atom stereocenters. The Kier molecular flexibility index (Phi) is 9.69. The first-order valence-electron chi connectivity index (χ1n) is 12.9. The van der Waals surface area contributed by atoms with E-state index in [4.69, 9.17) is 33.0 Å². The molecule has 0 saturated heterocycles. The highest BCUT2D eigenvalue weighted by Crippen LogP contribution is 2.34. The number of halogens is 2. The van der Waals surface area contributed by atoms with Crippen molar-refractivity contribution >= 4 is 46.6 Å². The summed E-state index contributed by atoms with van der Waals surface area (Å²) in [4.78, 5) is 28.1. The molecule has 10 heteroatoms. The van der Waals surface area contributed by atoms with Crippen LogP contribution >= 0.6 is 23.2 Å². The van der Waals surface area contributed by atoms with E-state index in [0.717, 1.165) is 35.3 Å². The van der Waals surface area contributed by atoms with Crippen molar-refractivity contribution in [1.29, 1.82) is 0 Å². The van der Waals surface area contributed by atoms with Gasteiger partial charge >= 0.3 is 6.03 Å². The zero-order chi connectivity index (χ0) is 28.6. The van der Waals surface area contributed by atoms with Gasteiger partial charge in [-0.25, -0.2) is 9.48 Å². The Morgan fingerprint density at radius 1 is 0.975 bits per heavy atom.